The number of hydrogen-bond acceptors (Lipinski definition) is 3. The van der Waals surface area contributed by atoms with E-state index in [2.05, 4.69) is 10.3 Å². The number of nitrogens with one attached hydrogen (secondary N) is 2. The molecule has 1 aromatic carbocycles. The quantitative estimate of drug-likeness (QED) is 0.440. The van der Waals surface area contributed by atoms with Gasteiger partial charge in [0.05, 0.1) is 12.8 Å². The van der Waals surface area contributed by atoms with Crippen LogP contribution in [0.15, 0.2) is 18.2 Å². The van der Waals surface area contributed by atoms with Crippen molar-refractivity contribution in [1.29, 1.82) is 5.41 Å². The lowest BCUT2D eigenvalue weighted by Gasteiger charge is -2.25. The summed E-state index contributed by atoms with van der Waals surface area (Å²) < 4.78 is 0. The Hall–Kier alpha value is -2.08. The Bertz CT molecular complexity index is 451. The number of hydroxylamine groups is 1. The molecule has 6 nitrogen and oxygen atoms in total. The van der Waals surface area contributed by atoms with Crippen LogP contribution >= 0.6 is 0 Å². The Labute approximate surface area is 113 Å². The van der Waals surface area contributed by atoms with E-state index in [9.17, 15) is 4.79 Å². The van der Waals surface area contributed by atoms with Gasteiger partial charge in [0.1, 0.15) is 0 Å². The van der Waals surface area contributed by atoms with Gasteiger partial charge in [0.15, 0.2) is 0 Å². The molecule has 0 saturated carbocycles. The smallest absolute Gasteiger partial charge is 0.352 e. The molecule has 104 valence electrons. The predicted octanol–water partition coefficient (Wildman–Crippen LogP) is 1.78. The summed E-state index contributed by atoms with van der Waals surface area (Å²) in [4.78, 5) is 17.7. The standard InChI is InChI=1S/C13H20N4O2/c1-4-9-7-6-8-10(5-2)11(9)17(12(14)15)13(18)16-19-3/h6-8H,4-5H2,1-3H3,(H3,14,15)(H,16,18). The average molecular weight is 264 g/mol. The molecule has 0 aromatic heterocycles. The van der Waals surface area contributed by atoms with Gasteiger partial charge in [0, 0.05) is 0 Å². The second-order valence-corrected chi connectivity index (χ2v) is 3.96. The Kier molecular flexibility index (Phi) is 5.32. The van der Waals surface area contributed by atoms with Crippen molar-refractivity contribution in [2.75, 3.05) is 12.0 Å². The minimum Gasteiger partial charge on any atom is -0.369 e. The van der Waals surface area contributed by atoms with Gasteiger partial charge in [-0.3, -0.25) is 10.2 Å². The number of guanidine groups is 1. The molecule has 0 saturated heterocycles. The fraction of sp³-hybridized carbons (Fsp3) is 0.385. The lowest BCUT2D eigenvalue weighted by molar-refractivity contribution is 0.112. The number of benzene rings is 1. The molecule has 4 N–H and O–H groups in total. The summed E-state index contributed by atoms with van der Waals surface area (Å²) in [6.07, 6.45) is 1.49. The van der Waals surface area contributed by atoms with E-state index in [1.165, 1.54) is 7.11 Å². The molecule has 0 unspecified atom stereocenters. The molecule has 2 amide bonds. The molecule has 19 heavy (non-hydrogen) atoms. The number of anilines is 1. The highest BCUT2D eigenvalue weighted by molar-refractivity contribution is 6.14. The van der Waals surface area contributed by atoms with E-state index in [1.807, 2.05) is 32.0 Å². The summed E-state index contributed by atoms with van der Waals surface area (Å²) in [5.74, 6) is -0.342. The van der Waals surface area contributed by atoms with Crippen LogP contribution in [0.1, 0.15) is 25.0 Å². The van der Waals surface area contributed by atoms with Crippen molar-refractivity contribution in [3.05, 3.63) is 29.3 Å². The zero-order chi connectivity index (χ0) is 14.4. The maximum atomic E-state index is 12.0. The summed E-state index contributed by atoms with van der Waals surface area (Å²) in [7, 11) is 1.34. The Morgan fingerprint density at radius 2 is 1.89 bits per heavy atom. The zero-order valence-electron chi connectivity index (χ0n) is 11.5. The normalized spacial score (nSPS) is 10.1. The largest absolute Gasteiger partial charge is 0.369 e. The minimum absolute atomic E-state index is 0.342. The van der Waals surface area contributed by atoms with Crippen LogP contribution in [0, 0.1) is 5.41 Å². The molecule has 1 rings (SSSR count). The van der Waals surface area contributed by atoms with Crippen molar-refractivity contribution in [2.45, 2.75) is 26.7 Å². The van der Waals surface area contributed by atoms with Crippen LogP contribution in [0.5, 0.6) is 0 Å². The predicted molar refractivity (Wildman–Crippen MR) is 75.1 cm³/mol. The van der Waals surface area contributed by atoms with Crippen molar-refractivity contribution in [3.8, 4) is 0 Å². The molecule has 0 aliphatic rings. The Balaban J connectivity index is 3.36. The van der Waals surface area contributed by atoms with Gasteiger partial charge in [0.25, 0.3) is 0 Å². The number of nitrogens with two attached hydrogens (primary N) is 1. The lowest BCUT2D eigenvalue weighted by atomic mass is 10.0. The van der Waals surface area contributed by atoms with E-state index in [4.69, 9.17) is 11.1 Å². The van der Waals surface area contributed by atoms with Gasteiger partial charge >= 0.3 is 6.03 Å². The number of rotatable bonds is 4. The van der Waals surface area contributed by atoms with E-state index >= 15 is 0 Å². The minimum atomic E-state index is -0.578. The third kappa shape index (κ3) is 3.23. The molecule has 0 aliphatic carbocycles. The second kappa shape index (κ2) is 6.75. The van der Waals surface area contributed by atoms with Gasteiger partial charge < -0.3 is 5.73 Å². The first-order valence-electron chi connectivity index (χ1n) is 6.14. The number of carbonyl (C=O) groups excluding carboxylic acids is 1. The zero-order valence-corrected chi connectivity index (χ0v) is 11.5. The van der Waals surface area contributed by atoms with Gasteiger partial charge in [-0.1, -0.05) is 32.0 Å². The van der Waals surface area contributed by atoms with Crippen LogP contribution in [-0.2, 0) is 17.7 Å². The number of aryl methyl sites for hydroxylation is 2. The fourth-order valence-corrected chi connectivity index (χ4v) is 1.97. The molecule has 6 heteroatoms. The van der Waals surface area contributed by atoms with Crippen LogP contribution < -0.4 is 16.1 Å². The van der Waals surface area contributed by atoms with E-state index in [-0.39, 0.29) is 5.96 Å². The van der Waals surface area contributed by atoms with E-state index < -0.39 is 6.03 Å². The van der Waals surface area contributed by atoms with Gasteiger partial charge in [-0.15, -0.1) is 0 Å². The van der Waals surface area contributed by atoms with Crippen LogP contribution in [0.2, 0.25) is 0 Å². The molecular weight excluding hydrogens is 244 g/mol. The van der Waals surface area contributed by atoms with Crippen molar-refractivity contribution in [1.82, 2.24) is 5.48 Å². The molecule has 0 spiro atoms. The monoisotopic (exact) mass is 264 g/mol. The summed E-state index contributed by atoms with van der Waals surface area (Å²) >= 11 is 0. The topological polar surface area (TPSA) is 91.4 Å². The van der Waals surface area contributed by atoms with Gasteiger partial charge in [-0.05, 0) is 24.0 Å². The molecule has 1 aromatic rings. The molecule has 0 fully saturated rings. The number of nitrogens with zero attached hydrogens (tertiary/aromatic N) is 1. The third-order valence-electron chi connectivity index (χ3n) is 2.82. The number of carbonyl (C=O) groups is 1. The van der Waals surface area contributed by atoms with Crippen LogP contribution in [-0.4, -0.2) is 19.1 Å². The van der Waals surface area contributed by atoms with Gasteiger partial charge in [-0.2, -0.15) is 0 Å². The first kappa shape index (κ1) is 15.0. The Morgan fingerprint density at radius 1 is 1.37 bits per heavy atom. The maximum Gasteiger partial charge on any atom is 0.352 e. The SMILES string of the molecule is CCc1cccc(CC)c1N(C(=N)N)C(=O)NOC. The van der Waals surface area contributed by atoms with Crippen LogP contribution in [0.3, 0.4) is 0 Å². The van der Waals surface area contributed by atoms with Crippen molar-refractivity contribution < 1.29 is 9.63 Å². The molecule has 0 heterocycles. The fourth-order valence-electron chi connectivity index (χ4n) is 1.97. The van der Waals surface area contributed by atoms with E-state index in [1.54, 1.807) is 0 Å². The van der Waals surface area contributed by atoms with Crippen molar-refractivity contribution >= 4 is 17.7 Å². The highest BCUT2D eigenvalue weighted by Crippen LogP contribution is 2.27. The second-order valence-electron chi connectivity index (χ2n) is 3.96. The molecule has 0 aliphatic heterocycles. The summed E-state index contributed by atoms with van der Waals surface area (Å²) in [6.45, 7) is 3.98. The summed E-state index contributed by atoms with van der Waals surface area (Å²) in [5, 5.41) is 7.63. The Morgan fingerprint density at radius 3 is 2.26 bits per heavy atom. The first-order valence-corrected chi connectivity index (χ1v) is 6.14. The van der Waals surface area contributed by atoms with E-state index in [0.717, 1.165) is 28.9 Å². The molecule has 0 radical (unpaired) electrons. The third-order valence-corrected chi connectivity index (χ3v) is 2.82. The van der Waals surface area contributed by atoms with Crippen LogP contribution in [0.4, 0.5) is 10.5 Å². The van der Waals surface area contributed by atoms with Crippen molar-refractivity contribution in [2.24, 2.45) is 5.73 Å². The van der Waals surface area contributed by atoms with Gasteiger partial charge in [0.2, 0.25) is 5.96 Å². The average Bonchev–Trinajstić information content (AvgIpc) is 2.39. The number of urea groups is 1. The van der Waals surface area contributed by atoms with Crippen molar-refractivity contribution in [3.63, 3.8) is 0 Å². The highest BCUT2D eigenvalue weighted by Gasteiger charge is 2.23. The highest BCUT2D eigenvalue weighted by atomic mass is 16.6. The molecular formula is C13H20N4O2. The number of hydrogen-bond donors (Lipinski definition) is 3. The summed E-state index contributed by atoms with van der Waals surface area (Å²) in [6, 6.07) is 5.20. The van der Waals surface area contributed by atoms with E-state index in [0.29, 0.717) is 5.69 Å². The first-order chi connectivity index (χ1) is 9.06. The molecule has 0 bridgehead atoms. The number of amides is 2. The maximum absolute atomic E-state index is 12.0. The van der Waals surface area contributed by atoms with Gasteiger partial charge in [-0.25, -0.2) is 15.2 Å². The number of para-hydroxylation sites is 1. The van der Waals surface area contributed by atoms with Crippen LogP contribution in [0.25, 0.3) is 0 Å². The summed E-state index contributed by atoms with van der Waals surface area (Å²) in [5.41, 5.74) is 10.3. The molecule has 0 atom stereocenters. The lowest BCUT2D eigenvalue weighted by Crippen LogP contribution is -2.47.